The van der Waals surface area contributed by atoms with Crippen LogP contribution in [0, 0.1) is 12.3 Å². The van der Waals surface area contributed by atoms with E-state index in [0.717, 1.165) is 45.6 Å². The first-order valence-corrected chi connectivity index (χ1v) is 9.91. The number of fused-ring (bicyclic) bond motifs is 5. The summed E-state index contributed by atoms with van der Waals surface area (Å²) in [6.45, 7) is 1.51. The van der Waals surface area contributed by atoms with E-state index in [0.29, 0.717) is 23.8 Å². The number of terminal acetylenes is 1. The lowest BCUT2D eigenvalue weighted by molar-refractivity contribution is 0.180. The van der Waals surface area contributed by atoms with E-state index in [1.54, 1.807) is 14.2 Å². The molecule has 1 aliphatic carbocycles. The van der Waals surface area contributed by atoms with Crippen LogP contribution >= 0.6 is 12.4 Å². The maximum absolute atomic E-state index is 5.95. The van der Waals surface area contributed by atoms with Gasteiger partial charge in [-0.3, -0.25) is 0 Å². The molecule has 8 heteroatoms. The fourth-order valence-electron chi connectivity index (χ4n) is 3.72. The first kappa shape index (κ1) is 23.3. The van der Waals surface area contributed by atoms with Crippen LogP contribution in [0.3, 0.4) is 0 Å². The second-order valence-electron chi connectivity index (χ2n) is 7.40. The Morgan fingerprint density at radius 2 is 1.88 bits per heavy atom. The minimum absolute atomic E-state index is 0. The molecule has 2 aromatic carbocycles. The van der Waals surface area contributed by atoms with Gasteiger partial charge in [0.25, 0.3) is 0 Å². The van der Waals surface area contributed by atoms with Gasteiger partial charge in [0.2, 0.25) is 0 Å². The third kappa shape index (κ3) is 4.20. The number of hydrogen-bond donors (Lipinski definition) is 1. The molecule has 1 N–H and O–H groups in total. The van der Waals surface area contributed by atoms with Crippen molar-refractivity contribution in [2.24, 2.45) is 5.16 Å². The van der Waals surface area contributed by atoms with Gasteiger partial charge in [0.1, 0.15) is 29.6 Å². The predicted octanol–water partition coefficient (Wildman–Crippen LogP) is 3.93. The van der Waals surface area contributed by atoms with Gasteiger partial charge in [-0.05, 0) is 38.4 Å². The lowest BCUT2D eigenvalue weighted by atomic mass is 10.0. The minimum atomic E-state index is 0. The Kier molecular flexibility index (Phi) is 7.18. The van der Waals surface area contributed by atoms with Gasteiger partial charge in [0.05, 0.1) is 25.5 Å². The molecule has 1 aliphatic rings. The molecule has 0 fully saturated rings. The Labute approximate surface area is 193 Å². The maximum Gasteiger partial charge on any atom is 0.177 e. The number of aromatic amines is 1. The van der Waals surface area contributed by atoms with Crippen molar-refractivity contribution in [2.45, 2.75) is 0 Å². The van der Waals surface area contributed by atoms with Crippen molar-refractivity contribution in [1.82, 2.24) is 9.88 Å². The number of nitrogens with zero attached hydrogens (tertiary/aromatic N) is 2. The molecule has 0 spiro atoms. The van der Waals surface area contributed by atoms with Crippen molar-refractivity contribution in [3.05, 3.63) is 41.5 Å². The van der Waals surface area contributed by atoms with E-state index < -0.39 is 0 Å². The van der Waals surface area contributed by atoms with Gasteiger partial charge in [-0.25, -0.2) is 0 Å². The first-order valence-electron chi connectivity index (χ1n) is 9.91. The summed E-state index contributed by atoms with van der Waals surface area (Å²) < 4.78 is 17.1. The molecule has 32 heavy (non-hydrogen) atoms. The highest BCUT2D eigenvalue weighted by molar-refractivity contribution is 6.31. The fraction of sp³-hybridized carbons (Fsp3) is 0.292. The van der Waals surface area contributed by atoms with Gasteiger partial charge in [0, 0.05) is 34.6 Å². The number of oxime groups is 1. The molecule has 3 aromatic rings. The SMILES string of the molecule is C#CCO/N=C1/c2c(OC)cc(OC)cc2-c2[nH]c3ccc(OCCN(C)C)cc3c21.Cl. The molecule has 168 valence electrons. The molecular weight excluding hydrogens is 430 g/mol. The van der Waals surface area contributed by atoms with Crippen molar-refractivity contribution in [1.29, 1.82) is 0 Å². The van der Waals surface area contributed by atoms with E-state index in [-0.39, 0.29) is 19.0 Å². The van der Waals surface area contributed by atoms with Gasteiger partial charge in [0.15, 0.2) is 6.61 Å². The van der Waals surface area contributed by atoms with Crippen LogP contribution in [-0.2, 0) is 4.84 Å². The number of rotatable bonds is 8. The number of H-pyrrole nitrogens is 1. The van der Waals surface area contributed by atoms with Crippen LogP contribution in [0.15, 0.2) is 35.5 Å². The lowest BCUT2D eigenvalue weighted by Crippen LogP contribution is -2.19. The second kappa shape index (κ2) is 9.86. The quantitative estimate of drug-likeness (QED) is 0.248. The van der Waals surface area contributed by atoms with Crippen molar-refractivity contribution < 1.29 is 19.0 Å². The molecule has 0 saturated carbocycles. The Hall–Kier alpha value is -3.34. The highest BCUT2D eigenvalue weighted by Crippen LogP contribution is 2.47. The summed E-state index contributed by atoms with van der Waals surface area (Å²) in [5.41, 5.74) is 5.25. The third-order valence-electron chi connectivity index (χ3n) is 5.16. The van der Waals surface area contributed by atoms with Gasteiger partial charge in [-0.1, -0.05) is 11.1 Å². The fourth-order valence-corrected chi connectivity index (χ4v) is 3.72. The Bertz CT molecular complexity index is 1190. The Morgan fingerprint density at radius 1 is 1.06 bits per heavy atom. The highest BCUT2D eigenvalue weighted by Gasteiger charge is 2.33. The van der Waals surface area contributed by atoms with Crippen LogP contribution in [0.1, 0.15) is 11.1 Å². The zero-order chi connectivity index (χ0) is 22.0. The lowest BCUT2D eigenvalue weighted by Gasteiger charge is -2.12. The van der Waals surface area contributed by atoms with Crippen LogP contribution in [0.2, 0.25) is 0 Å². The minimum Gasteiger partial charge on any atom is -0.497 e. The Morgan fingerprint density at radius 3 is 2.56 bits per heavy atom. The van der Waals surface area contributed by atoms with Gasteiger partial charge in [-0.2, -0.15) is 0 Å². The Balaban J connectivity index is 0.00000289. The van der Waals surface area contributed by atoms with Crippen LogP contribution in [0.25, 0.3) is 22.2 Å². The smallest absolute Gasteiger partial charge is 0.177 e. The summed E-state index contributed by atoms with van der Waals surface area (Å²) in [6, 6.07) is 9.79. The number of methoxy groups -OCH3 is 2. The third-order valence-corrected chi connectivity index (χ3v) is 5.16. The standard InChI is InChI=1S/C24H25N3O4.ClH/c1-6-10-31-26-24-21-18(13-16(28-4)14-20(21)29-5)23-22(24)17-12-15(7-8-19(17)25-23)30-11-9-27(2)3;/h1,7-8,12-14,25H,9-11H2,2-5H3;1H/b26-24-;. The summed E-state index contributed by atoms with van der Waals surface area (Å²) in [6.07, 6.45) is 5.34. The molecular formula is C24H26ClN3O4. The van der Waals surface area contributed by atoms with Crippen molar-refractivity contribution in [3.63, 3.8) is 0 Å². The molecule has 1 aromatic heterocycles. The molecule has 0 radical (unpaired) electrons. The molecule has 1 heterocycles. The number of ether oxygens (including phenoxy) is 3. The predicted molar refractivity (Wildman–Crippen MR) is 129 cm³/mol. The summed E-state index contributed by atoms with van der Waals surface area (Å²) in [5.74, 6) is 4.58. The second-order valence-corrected chi connectivity index (χ2v) is 7.40. The molecule has 0 bridgehead atoms. The van der Waals surface area contributed by atoms with Gasteiger partial charge in [-0.15, -0.1) is 18.8 Å². The first-order chi connectivity index (χ1) is 15.1. The summed E-state index contributed by atoms with van der Waals surface area (Å²) in [4.78, 5) is 11.0. The number of nitrogens with one attached hydrogen (secondary N) is 1. The molecule has 7 nitrogen and oxygen atoms in total. The van der Waals surface area contributed by atoms with Crippen LogP contribution in [0.5, 0.6) is 17.2 Å². The normalized spacial score (nSPS) is 12.8. The summed E-state index contributed by atoms with van der Waals surface area (Å²) in [7, 11) is 7.29. The molecule has 4 rings (SSSR count). The van der Waals surface area contributed by atoms with Gasteiger partial charge >= 0.3 is 0 Å². The van der Waals surface area contributed by atoms with E-state index in [1.807, 2.05) is 44.4 Å². The summed E-state index contributed by atoms with van der Waals surface area (Å²) >= 11 is 0. The van der Waals surface area contributed by atoms with Crippen molar-refractivity contribution in [3.8, 4) is 40.8 Å². The average molecular weight is 456 g/mol. The molecule has 0 aliphatic heterocycles. The zero-order valence-electron chi connectivity index (χ0n) is 18.5. The number of aromatic nitrogens is 1. The van der Waals surface area contributed by atoms with E-state index in [2.05, 4.69) is 21.0 Å². The number of halogens is 1. The largest absolute Gasteiger partial charge is 0.497 e. The van der Waals surface area contributed by atoms with E-state index in [1.165, 1.54) is 0 Å². The molecule has 0 unspecified atom stereocenters. The van der Waals surface area contributed by atoms with Crippen LogP contribution in [-0.4, -0.2) is 63.7 Å². The van der Waals surface area contributed by atoms with Crippen LogP contribution in [0.4, 0.5) is 0 Å². The zero-order valence-corrected chi connectivity index (χ0v) is 19.3. The van der Waals surface area contributed by atoms with Crippen LogP contribution < -0.4 is 14.2 Å². The topological polar surface area (TPSA) is 68.3 Å². The molecule has 0 atom stereocenters. The number of benzene rings is 2. The summed E-state index contributed by atoms with van der Waals surface area (Å²) in [5, 5.41) is 5.37. The van der Waals surface area contributed by atoms with E-state index in [4.69, 9.17) is 25.5 Å². The monoisotopic (exact) mass is 455 g/mol. The van der Waals surface area contributed by atoms with Crippen molar-refractivity contribution >= 4 is 29.0 Å². The van der Waals surface area contributed by atoms with E-state index >= 15 is 0 Å². The number of hydrogen-bond acceptors (Lipinski definition) is 6. The van der Waals surface area contributed by atoms with E-state index in [9.17, 15) is 0 Å². The number of likely N-dealkylation sites (N-methyl/N-ethyl adjacent to an activating group) is 1. The molecule has 0 amide bonds. The molecule has 0 saturated heterocycles. The van der Waals surface area contributed by atoms with Gasteiger partial charge < -0.3 is 28.9 Å². The highest BCUT2D eigenvalue weighted by atomic mass is 35.5. The van der Waals surface area contributed by atoms with Crippen molar-refractivity contribution in [2.75, 3.05) is 48.1 Å². The maximum atomic E-state index is 5.95. The average Bonchev–Trinajstić information content (AvgIpc) is 3.28.